The van der Waals surface area contributed by atoms with Gasteiger partial charge in [-0.2, -0.15) is 0 Å². The summed E-state index contributed by atoms with van der Waals surface area (Å²) in [6, 6.07) is 9.54. The zero-order chi connectivity index (χ0) is 11.8. The van der Waals surface area contributed by atoms with Crippen LogP contribution in [0.4, 0.5) is 5.69 Å². The van der Waals surface area contributed by atoms with Gasteiger partial charge in [-0.3, -0.25) is 0 Å². The lowest BCUT2D eigenvalue weighted by Gasteiger charge is -2.04. The van der Waals surface area contributed by atoms with Gasteiger partial charge in [-0.15, -0.1) is 11.3 Å². The molecule has 2 heterocycles. The molecule has 1 atom stereocenters. The number of benzene rings is 1. The molecule has 1 aromatic carbocycles. The van der Waals surface area contributed by atoms with Crippen molar-refractivity contribution in [2.45, 2.75) is 12.5 Å². The zero-order valence-corrected chi connectivity index (χ0v) is 9.83. The van der Waals surface area contributed by atoms with Crippen LogP contribution in [0, 0.1) is 0 Å². The van der Waals surface area contributed by atoms with E-state index in [0.717, 1.165) is 16.8 Å². The number of nitrogens with one attached hydrogen (secondary N) is 1. The lowest BCUT2D eigenvalue weighted by molar-refractivity contribution is -0.137. The largest absolute Gasteiger partial charge is 0.480 e. The van der Waals surface area contributed by atoms with Gasteiger partial charge in [-0.1, -0.05) is 18.2 Å². The van der Waals surface area contributed by atoms with Crippen molar-refractivity contribution in [3.05, 3.63) is 41.3 Å². The summed E-state index contributed by atoms with van der Waals surface area (Å²) >= 11 is 1.68. The Morgan fingerprint density at radius 1 is 1.35 bits per heavy atom. The van der Waals surface area contributed by atoms with Crippen LogP contribution in [0.1, 0.15) is 5.56 Å². The molecule has 1 aliphatic rings. The fourth-order valence-electron chi connectivity index (χ4n) is 2.20. The molecular formula is C13H11NO2S. The number of hydrogen-bond acceptors (Lipinski definition) is 3. The first kappa shape index (κ1) is 10.4. The number of hydrogen-bond donors (Lipinski definition) is 2. The van der Waals surface area contributed by atoms with Crippen LogP contribution < -0.4 is 5.32 Å². The minimum absolute atomic E-state index is 0.494. The minimum atomic E-state index is -0.793. The van der Waals surface area contributed by atoms with Crippen LogP contribution >= 0.6 is 11.3 Å². The Morgan fingerprint density at radius 2 is 2.24 bits per heavy atom. The van der Waals surface area contributed by atoms with Crippen LogP contribution in [-0.4, -0.2) is 17.1 Å². The van der Waals surface area contributed by atoms with E-state index in [0.29, 0.717) is 6.42 Å². The first-order valence-corrected chi connectivity index (χ1v) is 6.29. The maximum Gasteiger partial charge on any atom is 0.326 e. The Labute approximate surface area is 103 Å². The van der Waals surface area contributed by atoms with E-state index in [1.54, 1.807) is 11.3 Å². The Balaban J connectivity index is 2.06. The zero-order valence-electron chi connectivity index (χ0n) is 9.01. The monoisotopic (exact) mass is 245 g/mol. The predicted molar refractivity (Wildman–Crippen MR) is 68.5 cm³/mol. The highest BCUT2D eigenvalue weighted by molar-refractivity contribution is 7.13. The van der Waals surface area contributed by atoms with Gasteiger partial charge in [-0.05, 0) is 28.6 Å². The van der Waals surface area contributed by atoms with Gasteiger partial charge in [0.2, 0.25) is 0 Å². The van der Waals surface area contributed by atoms with Gasteiger partial charge in [0, 0.05) is 17.0 Å². The van der Waals surface area contributed by atoms with Crippen molar-refractivity contribution in [1.29, 1.82) is 0 Å². The highest BCUT2D eigenvalue weighted by Crippen LogP contribution is 2.36. The predicted octanol–water partition coefficient (Wildman–Crippen LogP) is 2.84. The molecular weight excluding hydrogens is 234 g/mol. The summed E-state index contributed by atoms with van der Waals surface area (Å²) in [5.74, 6) is -0.793. The van der Waals surface area contributed by atoms with Gasteiger partial charge in [0.25, 0.3) is 0 Å². The van der Waals surface area contributed by atoms with E-state index in [9.17, 15) is 4.79 Å². The molecule has 3 nitrogen and oxygen atoms in total. The molecule has 0 saturated heterocycles. The highest BCUT2D eigenvalue weighted by atomic mass is 32.1. The topological polar surface area (TPSA) is 49.3 Å². The smallest absolute Gasteiger partial charge is 0.326 e. The standard InChI is InChI=1S/C13H11NO2S/c15-13(16)11-7-9-8(12-5-2-6-17-12)3-1-4-10(9)14-11/h1-6,11,14H,7H2,(H,15,16). The summed E-state index contributed by atoms with van der Waals surface area (Å²) in [6.07, 6.45) is 0.554. The molecule has 1 unspecified atom stereocenters. The van der Waals surface area contributed by atoms with Gasteiger partial charge >= 0.3 is 5.97 Å². The van der Waals surface area contributed by atoms with E-state index >= 15 is 0 Å². The van der Waals surface area contributed by atoms with Crippen LogP contribution in [0.15, 0.2) is 35.7 Å². The van der Waals surface area contributed by atoms with Crippen molar-refractivity contribution < 1.29 is 9.90 Å². The average molecular weight is 245 g/mol. The summed E-state index contributed by atoms with van der Waals surface area (Å²) < 4.78 is 0. The first-order chi connectivity index (χ1) is 8.25. The molecule has 1 aromatic heterocycles. The summed E-state index contributed by atoms with van der Waals surface area (Å²) in [5.41, 5.74) is 3.21. The quantitative estimate of drug-likeness (QED) is 0.855. The van der Waals surface area contributed by atoms with E-state index in [1.165, 1.54) is 4.88 Å². The molecule has 0 aliphatic carbocycles. The maximum atomic E-state index is 11.0. The van der Waals surface area contributed by atoms with E-state index in [1.807, 2.05) is 23.6 Å². The van der Waals surface area contributed by atoms with Crippen molar-refractivity contribution in [3.63, 3.8) is 0 Å². The lowest BCUT2D eigenvalue weighted by atomic mass is 10.0. The number of thiophene rings is 1. The molecule has 0 spiro atoms. The van der Waals surface area contributed by atoms with Crippen LogP contribution in [0.2, 0.25) is 0 Å². The molecule has 17 heavy (non-hydrogen) atoms. The number of anilines is 1. The molecule has 0 bridgehead atoms. The van der Waals surface area contributed by atoms with Crippen molar-refractivity contribution in [2.75, 3.05) is 5.32 Å². The molecule has 86 valence electrons. The van der Waals surface area contributed by atoms with E-state index in [-0.39, 0.29) is 0 Å². The van der Waals surface area contributed by atoms with Crippen LogP contribution in [0.25, 0.3) is 10.4 Å². The SMILES string of the molecule is O=C(O)C1Cc2c(cccc2-c2cccs2)N1. The summed E-state index contributed by atoms with van der Waals surface area (Å²) in [7, 11) is 0. The molecule has 0 fully saturated rings. The second-order valence-corrected chi connectivity index (χ2v) is 5.00. The Bertz CT molecular complexity index is 563. The minimum Gasteiger partial charge on any atom is -0.480 e. The summed E-state index contributed by atoms with van der Waals surface area (Å²) in [5, 5.41) is 14.1. The number of carboxylic acids is 1. The molecule has 0 saturated carbocycles. The highest BCUT2D eigenvalue weighted by Gasteiger charge is 2.28. The lowest BCUT2D eigenvalue weighted by Crippen LogP contribution is -2.26. The third-order valence-electron chi connectivity index (χ3n) is 3.00. The fraction of sp³-hybridized carbons (Fsp3) is 0.154. The summed E-state index contributed by atoms with van der Waals surface area (Å²) in [6.45, 7) is 0. The maximum absolute atomic E-state index is 11.0. The number of carboxylic acid groups (broad SMARTS) is 1. The Hall–Kier alpha value is -1.81. The normalized spacial score (nSPS) is 17.5. The molecule has 1 aliphatic heterocycles. The second kappa shape index (κ2) is 3.89. The Kier molecular flexibility index (Phi) is 2.37. The molecule has 0 amide bonds. The second-order valence-electron chi connectivity index (χ2n) is 4.05. The molecule has 0 radical (unpaired) electrons. The van der Waals surface area contributed by atoms with Crippen LogP contribution in [0.3, 0.4) is 0 Å². The third-order valence-corrected chi connectivity index (χ3v) is 3.90. The van der Waals surface area contributed by atoms with Gasteiger partial charge in [0.15, 0.2) is 0 Å². The third kappa shape index (κ3) is 1.70. The van der Waals surface area contributed by atoms with Crippen molar-refractivity contribution in [3.8, 4) is 10.4 Å². The number of fused-ring (bicyclic) bond motifs is 1. The molecule has 4 heteroatoms. The fourth-order valence-corrected chi connectivity index (χ4v) is 2.98. The van der Waals surface area contributed by atoms with Gasteiger partial charge in [-0.25, -0.2) is 4.79 Å². The number of carbonyl (C=O) groups is 1. The molecule has 2 aromatic rings. The van der Waals surface area contributed by atoms with E-state index < -0.39 is 12.0 Å². The van der Waals surface area contributed by atoms with Crippen molar-refractivity contribution >= 4 is 23.0 Å². The molecule has 3 rings (SSSR count). The Morgan fingerprint density at radius 3 is 2.94 bits per heavy atom. The van der Waals surface area contributed by atoms with Gasteiger partial charge in [0.05, 0.1) is 0 Å². The number of aliphatic carboxylic acids is 1. The van der Waals surface area contributed by atoms with Gasteiger partial charge < -0.3 is 10.4 Å². The number of rotatable bonds is 2. The van der Waals surface area contributed by atoms with Crippen molar-refractivity contribution in [2.24, 2.45) is 0 Å². The summed E-state index contributed by atoms with van der Waals surface area (Å²) in [4.78, 5) is 12.2. The van der Waals surface area contributed by atoms with Crippen LogP contribution in [0.5, 0.6) is 0 Å². The van der Waals surface area contributed by atoms with E-state index in [2.05, 4.69) is 17.4 Å². The average Bonchev–Trinajstić information content (AvgIpc) is 2.97. The molecule has 2 N–H and O–H groups in total. The van der Waals surface area contributed by atoms with Crippen molar-refractivity contribution in [1.82, 2.24) is 0 Å². The van der Waals surface area contributed by atoms with Gasteiger partial charge in [0.1, 0.15) is 6.04 Å². The van der Waals surface area contributed by atoms with E-state index in [4.69, 9.17) is 5.11 Å². The van der Waals surface area contributed by atoms with Crippen LogP contribution in [-0.2, 0) is 11.2 Å². The first-order valence-electron chi connectivity index (χ1n) is 5.41.